The Hall–Kier alpha value is -4.49. The van der Waals surface area contributed by atoms with Crippen LogP contribution in [0.3, 0.4) is 0 Å². The Bertz CT molecular complexity index is 1710. The molecule has 2 aliphatic heterocycles. The molecule has 0 atom stereocenters. The lowest BCUT2D eigenvalue weighted by atomic mass is 9.83. The number of phenolic OH excluding ortho intramolecular Hbond substituents is 1. The van der Waals surface area contributed by atoms with Crippen molar-refractivity contribution in [2.45, 2.75) is 33.2 Å². The lowest BCUT2D eigenvalue weighted by Gasteiger charge is -2.35. The second-order valence-corrected chi connectivity index (χ2v) is 11.4. The summed E-state index contributed by atoms with van der Waals surface area (Å²) in [7, 11) is 1.56. The number of methoxy groups -OCH3 is 1. The Morgan fingerprint density at radius 2 is 1.82 bits per heavy atom. The lowest BCUT2D eigenvalue weighted by Crippen LogP contribution is -2.32. The molecule has 0 unspecified atom stereocenters. The van der Waals surface area contributed by atoms with E-state index in [-0.39, 0.29) is 11.3 Å². The van der Waals surface area contributed by atoms with Gasteiger partial charge in [-0.3, -0.25) is 0 Å². The number of hydrogen-bond donors (Lipinski definition) is 2. The predicted molar refractivity (Wildman–Crippen MR) is 164 cm³/mol. The molecule has 0 fully saturated rings. The Kier molecular flexibility index (Phi) is 6.39. The monoisotopic (exact) mass is 550 g/mol. The maximum absolute atomic E-state index is 10.6. The van der Waals surface area contributed by atoms with Crippen molar-refractivity contribution in [3.8, 4) is 34.1 Å². The first-order valence-corrected chi connectivity index (χ1v) is 13.9. The summed E-state index contributed by atoms with van der Waals surface area (Å²) in [6.07, 6.45) is 4.30. The molecule has 4 aromatic rings. The van der Waals surface area contributed by atoms with Gasteiger partial charge in [-0.15, -0.1) is 11.3 Å². The molecule has 7 heteroatoms. The molecule has 6 nitrogen and oxygen atoms in total. The van der Waals surface area contributed by atoms with Crippen molar-refractivity contribution in [3.63, 3.8) is 0 Å². The van der Waals surface area contributed by atoms with Crippen LogP contribution in [0.5, 0.6) is 23.0 Å². The number of aromatic hydroxyl groups is 1. The fraction of sp³-hybridized carbons (Fsp3) is 0.182. The Balaban J connectivity index is 1.52. The summed E-state index contributed by atoms with van der Waals surface area (Å²) in [5.74, 6) is 2.47. The topological polar surface area (TPSA) is 72.3 Å². The summed E-state index contributed by atoms with van der Waals surface area (Å²) in [5.41, 5.74) is 7.38. The lowest BCUT2D eigenvalue weighted by molar-refractivity contribution is 0.341. The minimum atomic E-state index is -0.189. The summed E-state index contributed by atoms with van der Waals surface area (Å²) < 4.78 is 12.3. The highest BCUT2D eigenvalue weighted by Gasteiger charge is 2.33. The normalized spacial score (nSPS) is 16.2. The zero-order chi connectivity index (χ0) is 28.0. The highest BCUT2D eigenvalue weighted by Crippen LogP contribution is 2.54. The molecule has 0 amide bonds. The number of rotatable bonds is 5. The van der Waals surface area contributed by atoms with Crippen LogP contribution in [-0.4, -0.2) is 23.5 Å². The Morgan fingerprint density at radius 1 is 1.02 bits per heavy atom. The van der Waals surface area contributed by atoms with Crippen molar-refractivity contribution < 1.29 is 19.4 Å². The summed E-state index contributed by atoms with van der Waals surface area (Å²) in [6, 6.07) is 19.1. The summed E-state index contributed by atoms with van der Waals surface area (Å²) >= 11 is 1.61. The molecule has 6 rings (SSSR count). The highest BCUT2D eigenvalue weighted by molar-refractivity contribution is 7.11. The number of para-hydroxylation sites is 1. The fourth-order valence-corrected chi connectivity index (χ4v) is 6.32. The number of phenols is 1. The van der Waals surface area contributed by atoms with Crippen molar-refractivity contribution in [3.05, 3.63) is 93.7 Å². The van der Waals surface area contributed by atoms with Crippen molar-refractivity contribution in [1.82, 2.24) is 0 Å². The van der Waals surface area contributed by atoms with E-state index in [0.717, 1.165) is 49.7 Å². The van der Waals surface area contributed by atoms with Gasteiger partial charge in [-0.2, -0.15) is 0 Å². The van der Waals surface area contributed by atoms with E-state index in [4.69, 9.17) is 14.3 Å². The van der Waals surface area contributed by atoms with Crippen molar-refractivity contribution in [2.24, 2.45) is 5.16 Å². The molecule has 3 aromatic carbocycles. The first kappa shape index (κ1) is 25.8. The number of thiophene rings is 1. The van der Waals surface area contributed by atoms with Crippen LogP contribution in [0.1, 0.15) is 49.3 Å². The molecule has 0 bridgehead atoms. The third-order valence-electron chi connectivity index (χ3n) is 7.05. The van der Waals surface area contributed by atoms with Gasteiger partial charge in [-0.05, 0) is 81.1 Å². The van der Waals surface area contributed by atoms with Crippen LogP contribution in [0.4, 0.5) is 5.69 Å². The van der Waals surface area contributed by atoms with Crippen molar-refractivity contribution in [2.75, 3.05) is 12.4 Å². The number of anilines is 1. The second-order valence-electron chi connectivity index (χ2n) is 10.5. The molecule has 2 N–H and O–H groups in total. The third-order valence-corrected chi connectivity index (χ3v) is 7.91. The summed E-state index contributed by atoms with van der Waals surface area (Å²) in [4.78, 5) is 6.67. The van der Waals surface area contributed by atoms with E-state index < -0.39 is 0 Å². The maximum Gasteiger partial charge on any atom is 0.172 e. The molecule has 1 aromatic heterocycles. The van der Waals surface area contributed by atoms with Gasteiger partial charge in [0.1, 0.15) is 11.5 Å². The largest absolute Gasteiger partial charge is 0.504 e. The van der Waals surface area contributed by atoms with Gasteiger partial charge in [-0.1, -0.05) is 35.5 Å². The van der Waals surface area contributed by atoms with E-state index in [1.807, 2.05) is 48.7 Å². The first-order chi connectivity index (χ1) is 19.3. The van der Waals surface area contributed by atoms with E-state index in [1.165, 1.54) is 0 Å². The molecule has 2 aliphatic rings. The predicted octanol–water partition coefficient (Wildman–Crippen LogP) is 8.43. The van der Waals surface area contributed by atoms with E-state index in [2.05, 4.69) is 55.5 Å². The second kappa shape index (κ2) is 9.92. The van der Waals surface area contributed by atoms with E-state index in [1.54, 1.807) is 30.6 Å². The number of allylic oxidation sites excluding steroid dienone is 1. The average Bonchev–Trinajstić information content (AvgIpc) is 3.39. The number of nitrogens with zero attached hydrogens (tertiary/aromatic N) is 1. The van der Waals surface area contributed by atoms with Crippen LogP contribution < -0.4 is 19.6 Å². The summed E-state index contributed by atoms with van der Waals surface area (Å²) in [5, 5.41) is 20.7. The number of nitrogens with one attached hydrogen (secondary N) is 1. The minimum Gasteiger partial charge on any atom is -0.504 e. The number of fused-ring (bicyclic) bond motifs is 5. The minimum absolute atomic E-state index is 0.0678. The zero-order valence-corrected chi connectivity index (χ0v) is 23.8. The van der Waals surface area contributed by atoms with E-state index >= 15 is 0 Å². The molecule has 202 valence electrons. The van der Waals surface area contributed by atoms with Crippen LogP contribution >= 0.6 is 11.3 Å². The molecular weight excluding hydrogens is 520 g/mol. The van der Waals surface area contributed by atoms with Gasteiger partial charge in [0.05, 0.1) is 23.9 Å². The molecule has 0 spiro atoms. The van der Waals surface area contributed by atoms with Crippen molar-refractivity contribution in [1.29, 1.82) is 0 Å². The van der Waals surface area contributed by atoms with E-state index in [0.29, 0.717) is 23.0 Å². The number of benzene rings is 3. The first-order valence-electron chi connectivity index (χ1n) is 13.1. The van der Waals surface area contributed by atoms with Crippen molar-refractivity contribution >= 4 is 40.1 Å². The zero-order valence-electron chi connectivity index (χ0n) is 23.0. The average molecular weight is 551 g/mol. The fourth-order valence-electron chi connectivity index (χ4n) is 5.45. The quantitative estimate of drug-likeness (QED) is 0.193. The standard InChI is InChI=1S/C33H30N2O4S/c1-19-18-33(3,4)34-24-12-11-23-30(29(19)24)27(38-26-14-13-25(36)32(37-5)31(23)26)17-28-22(15-16-40-28)20(2)35-39-21-9-7-6-8-10-21/h6-18,34,36H,1-5H3/b27-17-,35-20-. The van der Waals surface area contributed by atoms with Gasteiger partial charge in [0.25, 0.3) is 0 Å². The van der Waals surface area contributed by atoms with Crippen LogP contribution in [0.15, 0.2) is 77.3 Å². The third kappa shape index (κ3) is 4.52. The van der Waals surface area contributed by atoms with Gasteiger partial charge >= 0.3 is 0 Å². The van der Waals surface area contributed by atoms with Crippen LogP contribution in [0.25, 0.3) is 28.5 Å². The van der Waals surface area contributed by atoms with Gasteiger partial charge in [0.2, 0.25) is 0 Å². The molecule has 0 radical (unpaired) electrons. The molecular formula is C33H30N2O4S. The van der Waals surface area contributed by atoms with Crippen LogP contribution in [0, 0.1) is 0 Å². The van der Waals surface area contributed by atoms with Gasteiger partial charge in [0, 0.05) is 32.8 Å². The molecule has 3 heterocycles. The highest BCUT2D eigenvalue weighted by atomic mass is 32.1. The summed E-state index contributed by atoms with van der Waals surface area (Å²) in [6.45, 7) is 8.37. The number of oxime groups is 1. The molecule has 0 aliphatic carbocycles. The molecule has 40 heavy (non-hydrogen) atoms. The smallest absolute Gasteiger partial charge is 0.172 e. The Morgan fingerprint density at radius 3 is 2.60 bits per heavy atom. The number of hydrogen-bond acceptors (Lipinski definition) is 7. The molecule has 0 saturated carbocycles. The van der Waals surface area contributed by atoms with Gasteiger partial charge < -0.3 is 24.7 Å². The Labute approximate surface area is 237 Å². The van der Waals surface area contributed by atoms with Gasteiger partial charge in [0.15, 0.2) is 17.2 Å². The van der Waals surface area contributed by atoms with E-state index in [9.17, 15) is 5.11 Å². The van der Waals surface area contributed by atoms with Crippen LogP contribution in [-0.2, 0) is 0 Å². The maximum atomic E-state index is 10.6. The van der Waals surface area contributed by atoms with Gasteiger partial charge in [-0.25, -0.2) is 0 Å². The number of ether oxygens (including phenoxy) is 2. The van der Waals surface area contributed by atoms with Crippen LogP contribution in [0.2, 0.25) is 0 Å². The SMILES string of the molecule is COc1c(O)ccc2c1-c1ccc3c(c1/C(=C/c1sccc1/C(C)=N\Oc1ccccc1)O2)C(C)=CC(C)(C)N3. The molecule has 0 saturated heterocycles.